The van der Waals surface area contributed by atoms with Crippen LogP contribution in [-0.4, -0.2) is 5.11 Å². The number of hydrogen-bond donors (Lipinski definition) is 1. The van der Waals surface area contributed by atoms with Crippen molar-refractivity contribution in [2.24, 2.45) is 0 Å². The van der Waals surface area contributed by atoms with E-state index in [2.05, 4.69) is 0 Å². The van der Waals surface area contributed by atoms with Gasteiger partial charge in [-0.25, -0.2) is 4.39 Å². The number of aliphatic hydroxyl groups is 1. The fourth-order valence-electron chi connectivity index (χ4n) is 2.63. The number of hydrogen-bond acceptors (Lipinski definition) is 2. The van der Waals surface area contributed by atoms with Gasteiger partial charge in [0.15, 0.2) is 0 Å². The monoisotopic (exact) mass is 282 g/mol. The Kier molecular flexibility index (Phi) is 2.93. The fraction of sp³-hybridized carbons (Fsp3) is 0.286. The Balaban J connectivity index is 1.96. The molecule has 1 aromatic heterocycles. The molecule has 0 amide bonds. The third kappa shape index (κ3) is 1.96. The summed E-state index contributed by atoms with van der Waals surface area (Å²) in [5, 5.41) is 10.7. The highest BCUT2D eigenvalue weighted by Gasteiger charge is 2.38. The zero-order chi connectivity index (χ0) is 12.8. The lowest BCUT2D eigenvalue weighted by molar-refractivity contribution is 0.0397. The molecule has 1 aromatic carbocycles. The van der Waals surface area contributed by atoms with E-state index in [0.717, 1.165) is 10.4 Å². The Morgan fingerprint density at radius 1 is 1.33 bits per heavy atom. The molecule has 1 aliphatic carbocycles. The Morgan fingerprint density at radius 3 is 2.89 bits per heavy atom. The van der Waals surface area contributed by atoms with E-state index in [0.29, 0.717) is 29.2 Å². The van der Waals surface area contributed by atoms with Gasteiger partial charge in [0.25, 0.3) is 0 Å². The molecule has 18 heavy (non-hydrogen) atoms. The minimum atomic E-state index is -0.953. The third-order valence-corrected chi connectivity index (χ3v) is 4.74. The van der Waals surface area contributed by atoms with Crippen molar-refractivity contribution in [3.63, 3.8) is 0 Å². The maximum Gasteiger partial charge on any atom is 0.126 e. The van der Waals surface area contributed by atoms with Crippen LogP contribution in [0.3, 0.4) is 0 Å². The van der Waals surface area contributed by atoms with Crippen LogP contribution in [0.1, 0.15) is 22.4 Å². The van der Waals surface area contributed by atoms with Gasteiger partial charge in [-0.2, -0.15) is 0 Å². The molecule has 1 atom stereocenters. The van der Waals surface area contributed by atoms with Crippen molar-refractivity contribution < 1.29 is 9.50 Å². The van der Waals surface area contributed by atoms with Crippen LogP contribution in [0.15, 0.2) is 30.3 Å². The summed E-state index contributed by atoms with van der Waals surface area (Å²) >= 11 is 7.36. The second-order valence-corrected chi connectivity index (χ2v) is 6.48. The highest BCUT2D eigenvalue weighted by atomic mass is 35.5. The maximum atomic E-state index is 13.6. The van der Waals surface area contributed by atoms with Gasteiger partial charge < -0.3 is 5.11 Å². The second-order valence-electron chi connectivity index (χ2n) is 4.68. The van der Waals surface area contributed by atoms with E-state index in [4.69, 9.17) is 11.6 Å². The quantitative estimate of drug-likeness (QED) is 0.885. The van der Waals surface area contributed by atoms with Crippen molar-refractivity contribution in [3.05, 3.63) is 56.5 Å². The second kappa shape index (κ2) is 4.34. The van der Waals surface area contributed by atoms with Crippen LogP contribution in [0.25, 0.3) is 0 Å². The van der Waals surface area contributed by atoms with Gasteiger partial charge in [0, 0.05) is 11.3 Å². The molecule has 0 fully saturated rings. The lowest BCUT2D eigenvalue weighted by Crippen LogP contribution is -2.24. The first kappa shape index (κ1) is 12.2. The maximum absolute atomic E-state index is 13.6. The number of fused-ring (bicyclic) bond motifs is 1. The minimum Gasteiger partial charge on any atom is -0.385 e. The molecule has 1 unspecified atom stereocenters. The molecule has 94 valence electrons. The van der Waals surface area contributed by atoms with Crippen molar-refractivity contribution >= 4 is 22.9 Å². The van der Waals surface area contributed by atoms with Crippen molar-refractivity contribution in [2.45, 2.75) is 24.9 Å². The molecule has 0 saturated heterocycles. The van der Waals surface area contributed by atoms with Gasteiger partial charge in [0.2, 0.25) is 0 Å². The molecule has 0 aliphatic heterocycles. The zero-order valence-corrected chi connectivity index (χ0v) is 11.2. The molecule has 1 N–H and O–H groups in total. The first-order chi connectivity index (χ1) is 8.58. The Bertz CT molecular complexity index is 595. The van der Waals surface area contributed by atoms with Crippen LogP contribution in [0.2, 0.25) is 4.34 Å². The zero-order valence-electron chi connectivity index (χ0n) is 9.62. The molecule has 1 aliphatic rings. The lowest BCUT2D eigenvalue weighted by Gasteiger charge is -2.23. The lowest BCUT2D eigenvalue weighted by atomic mass is 9.91. The predicted octanol–water partition coefficient (Wildman–Crippen LogP) is 3.92. The smallest absolute Gasteiger partial charge is 0.126 e. The number of rotatable bonds is 2. The van der Waals surface area contributed by atoms with E-state index in [1.54, 1.807) is 6.07 Å². The summed E-state index contributed by atoms with van der Waals surface area (Å²) in [6, 6.07) is 8.67. The first-order valence-electron chi connectivity index (χ1n) is 5.83. The summed E-state index contributed by atoms with van der Waals surface area (Å²) in [7, 11) is 0. The van der Waals surface area contributed by atoms with Crippen molar-refractivity contribution in [1.29, 1.82) is 0 Å². The van der Waals surface area contributed by atoms with Gasteiger partial charge in [0.05, 0.1) is 9.94 Å². The van der Waals surface area contributed by atoms with Crippen molar-refractivity contribution in [3.8, 4) is 0 Å². The van der Waals surface area contributed by atoms with Crippen LogP contribution < -0.4 is 0 Å². The third-order valence-electron chi connectivity index (χ3n) is 3.50. The van der Waals surface area contributed by atoms with Crippen LogP contribution in [0, 0.1) is 5.82 Å². The summed E-state index contributed by atoms with van der Waals surface area (Å²) < 4.78 is 14.4. The summed E-state index contributed by atoms with van der Waals surface area (Å²) in [4.78, 5) is 1.03. The molecule has 3 rings (SSSR count). The minimum absolute atomic E-state index is 0.215. The van der Waals surface area contributed by atoms with Crippen molar-refractivity contribution in [2.75, 3.05) is 0 Å². The van der Waals surface area contributed by atoms with E-state index in [1.165, 1.54) is 17.4 Å². The van der Waals surface area contributed by atoms with Gasteiger partial charge >= 0.3 is 0 Å². The van der Waals surface area contributed by atoms with Crippen LogP contribution >= 0.6 is 22.9 Å². The van der Waals surface area contributed by atoms with Gasteiger partial charge in [-0.05, 0) is 42.2 Å². The van der Waals surface area contributed by atoms with Crippen LogP contribution in [-0.2, 0) is 18.4 Å². The van der Waals surface area contributed by atoms with Gasteiger partial charge in [-0.3, -0.25) is 0 Å². The molecule has 0 saturated carbocycles. The average molecular weight is 283 g/mol. The van der Waals surface area contributed by atoms with Crippen LogP contribution in [0.5, 0.6) is 0 Å². The first-order valence-corrected chi connectivity index (χ1v) is 7.02. The molecular formula is C14H12ClFOS. The number of thiophene rings is 1. The molecule has 0 bridgehead atoms. The SMILES string of the molecule is OC1(Cc2ccc(Cl)s2)CCc2c(F)cccc21. The molecule has 0 spiro atoms. The highest BCUT2D eigenvalue weighted by Crippen LogP contribution is 2.41. The van der Waals surface area contributed by atoms with Crippen LogP contribution in [0.4, 0.5) is 4.39 Å². The summed E-state index contributed by atoms with van der Waals surface area (Å²) in [5.41, 5.74) is 0.431. The van der Waals surface area contributed by atoms with E-state index in [-0.39, 0.29) is 5.82 Å². The average Bonchev–Trinajstić information content (AvgIpc) is 2.86. The van der Waals surface area contributed by atoms with E-state index in [9.17, 15) is 9.50 Å². The Hall–Kier alpha value is -0.900. The topological polar surface area (TPSA) is 20.2 Å². The largest absolute Gasteiger partial charge is 0.385 e. The number of benzene rings is 1. The molecule has 2 aromatic rings. The van der Waals surface area contributed by atoms with Gasteiger partial charge in [0.1, 0.15) is 5.82 Å². The van der Waals surface area contributed by atoms with Gasteiger partial charge in [-0.15, -0.1) is 11.3 Å². The predicted molar refractivity (Wildman–Crippen MR) is 71.7 cm³/mol. The van der Waals surface area contributed by atoms with E-state index < -0.39 is 5.60 Å². The standard InChI is InChI=1S/C14H12ClFOS/c15-13-5-4-9(18-13)8-14(17)7-6-10-11(14)2-1-3-12(10)16/h1-5,17H,6-8H2. The Morgan fingerprint density at radius 2 is 2.17 bits per heavy atom. The molecule has 1 heterocycles. The summed E-state index contributed by atoms with van der Waals surface area (Å²) in [6.45, 7) is 0. The van der Waals surface area contributed by atoms with E-state index >= 15 is 0 Å². The fourth-order valence-corrected chi connectivity index (χ4v) is 3.83. The van der Waals surface area contributed by atoms with Gasteiger partial charge in [-0.1, -0.05) is 23.7 Å². The summed E-state index contributed by atoms with van der Waals surface area (Å²) in [5.74, 6) is -0.215. The van der Waals surface area contributed by atoms with E-state index in [1.807, 2.05) is 18.2 Å². The molecule has 4 heteroatoms. The molecule has 0 radical (unpaired) electrons. The number of halogens is 2. The normalized spacial score (nSPS) is 22.2. The molecular weight excluding hydrogens is 271 g/mol. The molecule has 1 nitrogen and oxygen atoms in total. The summed E-state index contributed by atoms with van der Waals surface area (Å²) in [6.07, 6.45) is 1.66. The highest BCUT2D eigenvalue weighted by molar-refractivity contribution is 7.16. The Labute approximate surface area is 114 Å². The van der Waals surface area contributed by atoms with Crippen molar-refractivity contribution in [1.82, 2.24) is 0 Å².